The van der Waals surface area contributed by atoms with Gasteiger partial charge >= 0.3 is 0 Å². The lowest BCUT2D eigenvalue weighted by Gasteiger charge is -2.18. The molecule has 0 spiro atoms. The van der Waals surface area contributed by atoms with Gasteiger partial charge in [-0.15, -0.1) is 0 Å². The van der Waals surface area contributed by atoms with Crippen molar-refractivity contribution in [1.29, 1.82) is 0 Å². The molecule has 0 aliphatic carbocycles. The molecule has 2 rings (SSSR count). The molecule has 3 nitrogen and oxygen atoms in total. The maximum Gasteiger partial charge on any atom is 0.119 e. The van der Waals surface area contributed by atoms with Gasteiger partial charge in [-0.1, -0.05) is 0 Å². The van der Waals surface area contributed by atoms with Crippen LogP contribution in [-0.2, 0) is 0 Å². The first-order valence-corrected chi connectivity index (χ1v) is 6.29. The van der Waals surface area contributed by atoms with E-state index in [1.54, 1.807) is 7.11 Å². The Morgan fingerprint density at radius 1 is 1.29 bits per heavy atom. The van der Waals surface area contributed by atoms with Crippen LogP contribution in [0.25, 0.3) is 0 Å². The van der Waals surface area contributed by atoms with Crippen molar-refractivity contribution < 1.29 is 9.47 Å². The zero-order valence-corrected chi connectivity index (χ0v) is 10.6. The topological polar surface area (TPSA) is 30.5 Å². The Morgan fingerprint density at radius 2 is 2.00 bits per heavy atom. The van der Waals surface area contributed by atoms with Gasteiger partial charge in [0.1, 0.15) is 11.5 Å². The van der Waals surface area contributed by atoms with Crippen LogP contribution in [-0.4, -0.2) is 26.3 Å². The predicted octanol–water partition coefficient (Wildman–Crippen LogP) is 2.46. The van der Waals surface area contributed by atoms with E-state index in [4.69, 9.17) is 9.47 Å². The Kier molecular flexibility index (Phi) is 4.26. The lowest BCUT2D eigenvalue weighted by atomic mass is 10.0. The standard InChI is InChI=1S/C14H21NO2/c1-11(9-12-7-8-15-10-12)17-14-5-3-13(16-2)4-6-14/h3-6,11-12,15H,7-10H2,1-2H3. The predicted molar refractivity (Wildman–Crippen MR) is 68.7 cm³/mol. The average Bonchev–Trinajstić information content (AvgIpc) is 2.82. The van der Waals surface area contributed by atoms with Crippen LogP contribution in [0.5, 0.6) is 11.5 Å². The van der Waals surface area contributed by atoms with Crippen LogP contribution in [0.15, 0.2) is 24.3 Å². The van der Waals surface area contributed by atoms with Crippen LogP contribution in [0.3, 0.4) is 0 Å². The summed E-state index contributed by atoms with van der Waals surface area (Å²) in [6.07, 6.45) is 2.67. The van der Waals surface area contributed by atoms with E-state index in [0.29, 0.717) is 0 Å². The van der Waals surface area contributed by atoms with Gasteiger partial charge < -0.3 is 14.8 Å². The number of hydrogen-bond donors (Lipinski definition) is 1. The first kappa shape index (κ1) is 12.2. The van der Waals surface area contributed by atoms with Gasteiger partial charge in [-0.3, -0.25) is 0 Å². The summed E-state index contributed by atoms with van der Waals surface area (Å²) in [6.45, 7) is 4.43. The van der Waals surface area contributed by atoms with E-state index in [2.05, 4.69) is 12.2 Å². The van der Waals surface area contributed by atoms with Crippen molar-refractivity contribution in [3.8, 4) is 11.5 Å². The van der Waals surface area contributed by atoms with Gasteiger partial charge in [-0.2, -0.15) is 0 Å². The highest BCUT2D eigenvalue weighted by Crippen LogP contribution is 2.21. The lowest BCUT2D eigenvalue weighted by Crippen LogP contribution is -2.18. The molecule has 1 N–H and O–H groups in total. The molecule has 2 unspecified atom stereocenters. The Bertz CT molecular complexity index is 331. The molecule has 1 heterocycles. The number of hydrogen-bond acceptors (Lipinski definition) is 3. The normalized spacial score (nSPS) is 21.2. The van der Waals surface area contributed by atoms with Crippen LogP contribution in [0.2, 0.25) is 0 Å². The third kappa shape index (κ3) is 3.63. The Balaban J connectivity index is 1.81. The van der Waals surface area contributed by atoms with Crippen molar-refractivity contribution in [2.24, 2.45) is 5.92 Å². The number of methoxy groups -OCH3 is 1. The summed E-state index contributed by atoms with van der Waals surface area (Å²) in [4.78, 5) is 0. The molecule has 1 aromatic carbocycles. The zero-order chi connectivity index (χ0) is 12.1. The van der Waals surface area contributed by atoms with E-state index >= 15 is 0 Å². The first-order valence-electron chi connectivity index (χ1n) is 6.29. The molecule has 3 heteroatoms. The van der Waals surface area contributed by atoms with Gasteiger partial charge in [0.05, 0.1) is 13.2 Å². The minimum Gasteiger partial charge on any atom is -0.497 e. The molecule has 2 atom stereocenters. The zero-order valence-electron chi connectivity index (χ0n) is 10.6. The fourth-order valence-electron chi connectivity index (χ4n) is 2.32. The minimum absolute atomic E-state index is 0.272. The number of nitrogens with one attached hydrogen (secondary N) is 1. The maximum absolute atomic E-state index is 5.89. The van der Waals surface area contributed by atoms with Crippen molar-refractivity contribution in [2.75, 3.05) is 20.2 Å². The molecule has 0 aromatic heterocycles. The molecule has 0 radical (unpaired) electrons. The van der Waals surface area contributed by atoms with Gasteiger partial charge in [0.25, 0.3) is 0 Å². The van der Waals surface area contributed by atoms with Crippen LogP contribution >= 0.6 is 0 Å². The number of rotatable bonds is 5. The third-order valence-electron chi connectivity index (χ3n) is 3.22. The van der Waals surface area contributed by atoms with E-state index in [1.165, 1.54) is 6.42 Å². The van der Waals surface area contributed by atoms with Crippen molar-refractivity contribution in [3.05, 3.63) is 24.3 Å². The van der Waals surface area contributed by atoms with E-state index in [0.717, 1.165) is 36.9 Å². The van der Waals surface area contributed by atoms with Crippen LogP contribution in [0, 0.1) is 5.92 Å². The van der Waals surface area contributed by atoms with E-state index < -0.39 is 0 Å². The number of benzene rings is 1. The van der Waals surface area contributed by atoms with Gasteiger partial charge in [-0.05, 0) is 63.0 Å². The summed E-state index contributed by atoms with van der Waals surface area (Å²) in [5.74, 6) is 2.55. The highest BCUT2D eigenvalue weighted by atomic mass is 16.5. The summed E-state index contributed by atoms with van der Waals surface area (Å²) < 4.78 is 11.0. The second kappa shape index (κ2) is 5.92. The summed E-state index contributed by atoms with van der Waals surface area (Å²) in [5, 5.41) is 3.38. The van der Waals surface area contributed by atoms with Crippen molar-refractivity contribution in [1.82, 2.24) is 5.32 Å². The maximum atomic E-state index is 5.89. The Labute approximate surface area is 103 Å². The summed E-state index contributed by atoms with van der Waals surface area (Å²) in [7, 11) is 1.67. The highest BCUT2D eigenvalue weighted by Gasteiger charge is 2.18. The molecule has 17 heavy (non-hydrogen) atoms. The van der Waals surface area contributed by atoms with Crippen molar-refractivity contribution in [2.45, 2.75) is 25.9 Å². The SMILES string of the molecule is COc1ccc(OC(C)CC2CCNC2)cc1. The largest absolute Gasteiger partial charge is 0.497 e. The van der Waals surface area contributed by atoms with Gasteiger partial charge in [-0.25, -0.2) is 0 Å². The van der Waals surface area contributed by atoms with E-state index in [-0.39, 0.29) is 6.10 Å². The smallest absolute Gasteiger partial charge is 0.119 e. The summed E-state index contributed by atoms with van der Waals surface area (Å²) >= 11 is 0. The summed E-state index contributed by atoms with van der Waals surface area (Å²) in [5.41, 5.74) is 0. The highest BCUT2D eigenvalue weighted by molar-refractivity contribution is 5.31. The second-order valence-corrected chi connectivity index (χ2v) is 4.70. The molecule has 1 aromatic rings. The number of ether oxygens (including phenoxy) is 2. The van der Waals surface area contributed by atoms with Crippen LogP contribution in [0.1, 0.15) is 19.8 Å². The summed E-state index contributed by atoms with van der Waals surface area (Å²) in [6, 6.07) is 7.78. The molecule has 0 amide bonds. The van der Waals surface area contributed by atoms with Gasteiger partial charge in [0, 0.05) is 0 Å². The molecular weight excluding hydrogens is 214 g/mol. The molecule has 0 saturated carbocycles. The van der Waals surface area contributed by atoms with Gasteiger partial charge in [0.15, 0.2) is 0 Å². The van der Waals surface area contributed by atoms with E-state index in [9.17, 15) is 0 Å². The third-order valence-corrected chi connectivity index (χ3v) is 3.22. The van der Waals surface area contributed by atoms with Crippen LogP contribution in [0.4, 0.5) is 0 Å². The van der Waals surface area contributed by atoms with Crippen molar-refractivity contribution in [3.63, 3.8) is 0 Å². The van der Waals surface area contributed by atoms with Gasteiger partial charge in [0.2, 0.25) is 0 Å². The van der Waals surface area contributed by atoms with E-state index in [1.807, 2.05) is 24.3 Å². The molecule has 1 saturated heterocycles. The molecule has 1 aliphatic rings. The first-order chi connectivity index (χ1) is 8.28. The lowest BCUT2D eigenvalue weighted by molar-refractivity contribution is 0.189. The average molecular weight is 235 g/mol. The monoisotopic (exact) mass is 235 g/mol. The Hall–Kier alpha value is -1.22. The molecular formula is C14H21NO2. The molecule has 94 valence electrons. The quantitative estimate of drug-likeness (QED) is 0.850. The molecule has 1 fully saturated rings. The second-order valence-electron chi connectivity index (χ2n) is 4.70. The fourth-order valence-corrected chi connectivity index (χ4v) is 2.32. The molecule has 1 aliphatic heterocycles. The fraction of sp³-hybridized carbons (Fsp3) is 0.571. The Morgan fingerprint density at radius 3 is 2.59 bits per heavy atom. The van der Waals surface area contributed by atoms with Crippen molar-refractivity contribution >= 4 is 0 Å². The van der Waals surface area contributed by atoms with Crippen LogP contribution < -0.4 is 14.8 Å². The minimum atomic E-state index is 0.272. The molecule has 0 bridgehead atoms.